The average molecular weight is 244 g/mol. The summed E-state index contributed by atoms with van der Waals surface area (Å²) in [5.41, 5.74) is 1.86. The van der Waals surface area contributed by atoms with E-state index in [1.165, 1.54) is 12.8 Å². The van der Waals surface area contributed by atoms with Crippen molar-refractivity contribution in [3.8, 4) is 11.5 Å². The number of hydrogen-bond donors (Lipinski definition) is 1. The van der Waals surface area contributed by atoms with Gasteiger partial charge in [0.25, 0.3) is 0 Å². The number of aromatic nitrogens is 3. The molecule has 1 aliphatic heterocycles. The van der Waals surface area contributed by atoms with Gasteiger partial charge in [0.05, 0.1) is 0 Å². The summed E-state index contributed by atoms with van der Waals surface area (Å²) in [6.45, 7) is 3.09. The number of hydrogen-bond acceptors (Lipinski definition) is 5. The Balaban J connectivity index is 1.79. The predicted octanol–water partition coefficient (Wildman–Crippen LogP) is 1.73. The van der Waals surface area contributed by atoms with Crippen LogP contribution >= 0.6 is 0 Å². The van der Waals surface area contributed by atoms with E-state index >= 15 is 0 Å². The van der Waals surface area contributed by atoms with Crippen LogP contribution in [0.5, 0.6) is 0 Å². The zero-order valence-electron chi connectivity index (χ0n) is 10.4. The van der Waals surface area contributed by atoms with Gasteiger partial charge in [0.15, 0.2) is 0 Å². The SMILES string of the molecule is Cc1cccnc1-c1noc(CC2CCCN2)n1. The van der Waals surface area contributed by atoms with Crippen molar-refractivity contribution < 1.29 is 4.52 Å². The average Bonchev–Trinajstić information content (AvgIpc) is 3.02. The minimum absolute atomic E-state index is 0.475. The van der Waals surface area contributed by atoms with Crippen LogP contribution in [0.2, 0.25) is 0 Å². The van der Waals surface area contributed by atoms with E-state index in [0.717, 1.165) is 24.2 Å². The van der Waals surface area contributed by atoms with Crippen molar-refractivity contribution in [2.75, 3.05) is 6.54 Å². The topological polar surface area (TPSA) is 63.8 Å². The van der Waals surface area contributed by atoms with E-state index in [9.17, 15) is 0 Å². The fraction of sp³-hybridized carbons (Fsp3) is 0.462. The number of rotatable bonds is 3. The van der Waals surface area contributed by atoms with E-state index in [-0.39, 0.29) is 0 Å². The second kappa shape index (κ2) is 4.86. The third-order valence-electron chi connectivity index (χ3n) is 3.27. The molecule has 0 amide bonds. The first-order chi connectivity index (χ1) is 8.83. The van der Waals surface area contributed by atoms with Crippen LogP contribution in [-0.2, 0) is 6.42 Å². The Morgan fingerprint density at radius 3 is 3.22 bits per heavy atom. The first-order valence-corrected chi connectivity index (χ1v) is 6.31. The molecule has 2 aromatic rings. The molecule has 0 radical (unpaired) electrons. The molecule has 1 atom stereocenters. The Morgan fingerprint density at radius 1 is 1.50 bits per heavy atom. The molecule has 18 heavy (non-hydrogen) atoms. The van der Waals surface area contributed by atoms with E-state index in [2.05, 4.69) is 20.4 Å². The smallest absolute Gasteiger partial charge is 0.228 e. The summed E-state index contributed by atoms with van der Waals surface area (Å²) in [5.74, 6) is 1.27. The molecule has 5 heteroatoms. The molecule has 3 rings (SSSR count). The molecule has 0 aliphatic carbocycles. The molecular formula is C13H16N4O. The van der Waals surface area contributed by atoms with E-state index in [0.29, 0.717) is 17.8 Å². The van der Waals surface area contributed by atoms with Gasteiger partial charge in [-0.1, -0.05) is 11.2 Å². The van der Waals surface area contributed by atoms with Gasteiger partial charge in [0, 0.05) is 18.7 Å². The quantitative estimate of drug-likeness (QED) is 0.890. The van der Waals surface area contributed by atoms with E-state index < -0.39 is 0 Å². The highest BCUT2D eigenvalue weighted by atomic mass is 16.5. The molecule has 5 nitrogen and oxygen atoms in total. The summed E-state index contributed by atoms with van der Waals surface area (Å²) >= 11 is 0. The Morgan fingerprint density at radius 2 is 2.44 bits per heavy atom. The highest BCUT2D eigenvalue weighted by molar-refractivity contribution is 5.53. The van der Waals surface area contributed by atoms with Gasteiger partial charge in [-0.25, -0.2) is 0 Å². The first-order valence-electron chi connectivity index (χ1n) is 6.31. The number of pyridine rings is 1. The minimum atomic E-state index is 0.475. The molecule has 1 saturated heterocycles. The van der Waals surface area contributed by atoms with Gasteiger partial charge < -0.3 is 9.84 Å². The van der Waals surface area contributed by atoms with Crippen LogP contribution in [0.4, 0.5) is 0 Å². The Bertz CT molecular complexity index is 531. The van der Waals surface area contributed by atoms with Gasteiger partial charge in [0.2, 0.25) is 11.7 Å². The second-order valence-corrected chi connectivity index (χ2v) is 4.68. The lowest BCUT2D eigenvalue weighted by Crippen LogP contribution is -2.23. The van der Waals surface area contributed by atoms with Crippen LogP contribution in [0.1, 0.15) is 24.3 Å². The molecule has 94 valence electrons. The summed E-state index contributed by atoms with van der Waals surface area (Å²) in [7, 11) is 0. The van der Waals surface area contributed by atoms with Gasteiger partial charge in [0.1, 0.15) is 5.69 Å². The van der Waals surface area contributed by atoms with Gasteiger partial charge >= 0.3 is 0 Å². The number of aryl methyl sites for hydroxylation is 1. The van der Waals surface area contributed by atoms with Gasteiger partial charge in [-0.3, -0.25) is 4.98 Å². The van der Waals surface area contributed by atoms with Gasteiger partial charge in [-0.2, -0.15) is 4.98 Å². The summed E-state index contributed by atoms with van der Waals surface area (Å²) in [6, 6.07) is 4.38. The maximum Gasteiger partial charge on any atom is 0.228 e. The lowest BCUT2D eigenvalue weighted by atomic mass is 10.1. The maximum atomic E-state index is 5.29. The fourth-order valence-electron chi connectivity index (χ4n) is 2.30. The van der Waals surface area contributed by atoms with Gasteiger partial charge in [-0.15, -0.1) is 0 Å². The Labute approximate surface area is 106 Å². The van der Waals surface area contributed by atoms with Crippen molar-refractivity contribution >= 4 is 0 Å². The number of nitrogens with zero attached hydrogens (tertiary/aromatic N) is 3. The summed E-state index contributed by atoms with van der Waals surface area (Å²) in [5, 5.41) is 7.44. The highest BCUT2D eigenvalue weighted by Crippen LogP contribution is 2.18. The maximum absolute atomic E-state index is 5.29. The van der Waals surface area contributed by atoms with Crippen LogP contribution in [0, 0.1) is 6.92 Å². The largest absolute Gasteiger partial charge is 0.339 e. The molecular weight excluding hydrogens is 228 g/mol. The fourth-order valence-corrected chi connectivity index (χ4v) is 2.30. The molecule has 1 fully saturated rings. The normalized spacial score (nSPS) is 19.3. The molecule has 0 saturated carbocycles. The van der Waals surface area contributed by atoms with Crippen molar-refractivity contribution in [1.82, 2.24) is 20.4 Å². The second-order valence-electron chi connectivity index (χ2n) is 4.68. The third kappa shape index (κ3) is 2.26. The number of nitrogens with one attached hydrogen (secondary N) is 1. The first kappa shape index (κ1) is 11.3. The molecule has 3 heterocycles. The molecule has 2 aromatic heterocycles. The van der Waals surface area contributed by atoms with Crippen molar-refractivity contribution in [3.05, 3.63) is 29.8 Å². The standard InChI is InChI=1S/C13H16N4O/c1-9-4-2-7-15-12(9)13-16-11(18-17-13)8-10-5-3-6-14-10/h2,4,7,10,14H,3,5-6,8H2,1H3. The predicted molar refractivity (Wildman–Crippen MR) is 67.0 cm³/mol. The van der Waals surface area contributed by atoms with Crippen molar-refractivity contribution in [2.45, 2.75) is 32.2 Å². The summed E-state index contributed by atoms with van der Waals surface area (Å²) < 4.78 is 5.29. The Kier molecular flexibility index (Phi) is 3.06. The van der Waals surface area contributed by atoms with Crippen LogP contribution in [0.15, 0.2) is 22.9 Å². The van der Waals surface area contributed by atoms with E-state index in [4.69, 9.17) is 4.52 Å². The Hall–Kier alpha value is -1.75. The minimum Gasteiger partial charge on any atom is -0.339 e. The van der Waals surface area contributed by atoms with Crippen molar-refractivity contribution in [1.29, 1.82) is 0 Å². The van der Waals surface area contributed by atoms with E-state index in [1.54, 1.807) is 6.20 Å². The molecule has 1 aliphatic rings. The molecule has 0 spiro atoms. The lowest BCUT2D eigenvalue weighted by molar-refractivity contribution is 0.364. The molecule has 1 unspecified atom stereocenters. The van der Waals surface area contributed by atoms with Gasteiger partial charge in [-0.05, 0) is 37.9 Å². The van der Waals surface area contributed by atoms with Crippen LogP contribution < -0.4 is 5.32 Å². The lowest BCUT2D eigenvalue weighted by Gasteiger charge is -2.04. The van der Waals surface area contributed by atoms with Crippen LogP contribution in [-0.4, -0.2) is 27.7 Å². The molecule has 1 N–H and O–H groups in total. The van der Waals surface area contributed by atoms with Crippen molar-refractivity contribution in [3.63, 3.8) is 0 Å². The monoisotopic (exact) mass is 244 g/mol. The summed E-state index contributed by atoms with van der Waals surface area (Å²) in [4.78, 5) is 8.72. The van der Waals surface area contributed by atoms with Crippen LogP contribution in [0.3, 0.4) is 0 Å². The zero-order chi connectivity index (χ0) is 12.4. The molecule has 0 bridgehead atoms. The van der Waals surface area contributed by atoms with Crippen molar-refractivity contribution in [2.24, 2.45) is 0 Å². The summed E-state index contributed by atoms with van der Waals surface area (Å²) in [6.07, 6.45) is 4.96. The zero-order valence-corrected chi connectivity index (χ0v) is 10.4. The van der Waals surface area contributed by atoms with Crippen LogP contribution in [0.25, 0.3) is 11.5 Å². The third-order valence-corrected chi connectivity index (χ3v) is 3.27. The highest BCUT2D eigenvalue weighted by Gasteiger charge is 2.19. The van der Waals surface area contributed by atoms with E-state index in [1.807, 2.05) is 19.1 Å². The molecule has 0 aromatic carbocycles.